The van der Waals surface area contributed by atoms with Gasteiger partial charge < -0.3 is 15.5 Å². The van der Waals surface area contributed by atoms with Crippen molar-refractivity contribution in [2.45, 2.75) is 57.2 Å². The number of amides is 2. The second-order valence-corrected chi connectivity index (χ2v) is 8.85. The van der Waals surface area contributed by atoms with Gasteiger partial charge in [0.1, 0.15) is 0 Å². The molecular formula is C20H32N4O2S. The van der Waals surface area contributed by atoms with Crippen molar-refractivity contribution in [1.29, 1.82) is 0 Å². The maximum atomic E-state index is 12.5. The Hall–Kier alpha value is -1.44. The van der Waals surface area contributed by atoms with Crippen molar-refractivity contribution in [3.05, 3.63) is 22.4 Å². The second kappa shape index (κ2) is 9.66. The number of nitrogens with zero attached hydrogens (tertiary/aromatic N) is 2. The minimum atomic E-state index is -0.510. The molecule has 27 heavy (non-hydrogen) atoms. The van der Waals surface area contributed by atoms with E-state index in [1.807, 2.05) is 13.0 Å². The van der Waals surface area contributed by atoms with Crippen molar-refractivity contribution in [3.8, 4) is 0 Å². The van der Waals surface area contributed by atoms with Crippen LogP contribution in [0.3, 0.4) is 0 Å². The van der Waals surface area contributed by atoms with Gasteiger partial charge in [0.25, 0.3) is 0 Å². The van der Waals surface area contributed by atoms with Gasteiger partial charge in [0.2, 0.25) is 0 Å². The Morgan fingerprint density at radius 1 is 1.11 bits per heavy atom. The number of carbonyl (C=O) groups is 2. The van der Waals surface area contributed by atoms with E-state index in [4.69, 9.17) is 0 Å². The molecule has 1 aromatic heterocycles. The van der Waals surface area contributed by atoms with Gasteiger partial charge in [-0.15, -0.1) is 11.3 Å². The third-order valence-corrected chi connectivity index (χ3v) is 6.69. The van der Waals surface area contributed by atoms with Crippen LogP contribution in [-0.4, -0.2) is 66.9 Å². The zero-order valence-electron chi connectivity index (χ0n) is 16.4. The number of likely N-dealkylation sites (N-methyl/N-ethyl adjacent to an activating group) is 1. The summed E-state index contributed by atoms with van der Waals surface area (Å²) in [6.45, 7) is 5.98. The lowest BCUT2D eigenvalue weighted by Crippen LogP contribution is -2.53. The fourth-order valence-corrected chi connectivity index (χ4v) is 5.12. The number of nitrogens with one attached hydrogen (secondary N) is 2. The normalized spacial score (nSPS) is 22.1. The molecule has 1 saturated carbocycles. The molecule has 0 unspecified atom stereocenters. The van der Waals surface area contributed by atoms with Crippen LogP contribution in [0, 0.1) is 0 Å². The lowest BCUT2D eigenvalue weighted by atomic mass is 9.95. The summed E-state index contributed by atoms with van der Waals surface area (Å²) in [5.41, 5.74) is 0. The van der Waals surface area contributed by atoms with Gasteiger partial charge >= 0.3 is 11.8 Å². The topological polar surface area (TPSA) is 64.7 Å². The van der Waals surface area contributed by atoms with Crippen LogP contribution >= 0.6 is 11.3 Å². The molecular weight excluding hydrogens is 360 g/mol. The minimum Gasteiger partial charge on any atom is -0.345 e. The number of thiophene rings is 1. The van der Waals surface area contributed by atoms with E-state index in [-0.39, 0.29) is 18.1 Å². The highest BCUT2D eigenvalue weighted by Gasteiger charge is 2.31. The molecule has 0 aromatic carbocycles. The summed E-state index contributed by atoms with van der Waals surface area (Å²) in [5.74, 6) is -0.999. The molecule has 6 nitrogen and oxygen atoms in total. The zero-order valence-corrected chi connectivity index (χ0v) is 17.3. The third kappa shape index (κ3) is 5.53. The molecule has 0 bridgehead atoms. The lowest BCUT2D eigenvalue weighted by Gasteiger charge is -2.40. The smallest absolute Gasteiger partial charge is 0.309 e. The van der Waals surface area contributed by atoms with Crippen LogP contribution in [0.5, 0.6) is 0 Å². The Labute approximate surface area is 166 Å². The minimum absolute atomic E-state index is 0.102. The standard InChI is InChI=1S/C20H32N4O2S/c1-15(21-19(25)20(26)22-16-7-4-3-5-8-16)18(17-9-6-14-27-17)24-12-10-23(2)11-13-24/h6,9,14-16,18H,3-5,7-8,10-13H2,1-2H3,(H,21,25)(H,22,26)/t15-,18+/m1/s1. The van der Waals surface area contributed by atoms with E-state index in [0.717, 1.165) is 51.9 Å². The molecule has 1 aromatic rings. The molecule has 1 aliphatic carbocycles. The van der Waals surface area contributed by atoms with E-state index < -0.39 is 11.8 Å². The largest absolute Gasteiger partial charge is 0.345 e. The van der Waals surface area contributed by atoms with Gasteiger partial charge in [-0.3, -0.25) is 14.5 Å². The number of piperazine rings is 1. The summed E-state index contributed by atoms with van der Waals surface area (Å²) in [7, 11) is 2.14. The highest BCUT2D eigenvalue weighted by atomic mass is 32.1. The van der Waals surface area contributed by atoms with E-state index in [1.165, 1.54) is 11.3 Å². The van der Waals surface area contributed by atoms with Crippen LogP contribution in [0.25, 0.3) is 0 Å². The maximum absolute atomic E-state index is 12.5. The average molecular weight is 393 g/mol. The Bertz CT molecular complexity index is 608. The van der Waals surface area contributed by atoms with Crippen molar-refractivity contribution in [3.63, 3.8) is 0 Å². The number of hydrogen-bond donors (Lipinski definition) is 2. The van der Waals surface area contributed by atoms with Crippen molar-refractivity contribution in [2.24, 2.45) is 0 Å². The van der Waals surface area contributed by atoms with Crippen molar-refractivity contribution < 1.29 is 9.59 Å². The molecule has 2 atom stereocenters. The number of hydrogen-bond acceptors (Lipinski definition) is 5. The highest BCUT2D eigenvalue weighted by molar-refractivity contribution is 7.10. The Morgan fingerprint density at radius 2 is 1.81 bits per heavy atom. The van der Waals surface area contributed by atoms with Crippen LogP contribution in [0.1, 0.15) is 49.9 Å². The first-order valence-electron chi connectivity index (χ1n) is 10.1. The van der Waals surface area contributed by atoms with Crippen LogP contribution < -0.4 is 10.6 Å². The molecule has 0 radical (unpaired) electrons. The molecule has 3 rings (SSSR count). The summed E-state index contributed by atoms with van der Waals surface area (Å²) < 4.78 is 0. The summed E-state index contributed by atoms with van der Waals surface area (Å²) >= 11 is 1.71. The Balaban J connectivity index is 1.60. The number of carbonyl (C=O) groups excluding carboxylic acids is 2. The molecule has 1 saturated heterocycles. The van der Waals surface area contributed by atoms with Gasteiger partial charge in [-0.05, 0) is 38.3 Å². The highest BCUT2D eigenvalue weighted by Crippen LogP contribution is 2.29. The summed E-state index contributed by atoms with van der Waals surface area (Å²) in [4.78, 5) is 30.8. The van der Waals surface area contributed by atoms with Gasteiger partial charge in [-0.25, -0.2) is 0 Å². The fourth-order valence-electron chi connectivity index (χ4n) is 4.15. The molecule has 2 fully saturated rings. The van der Waals surface area contributed by atoms with Crippen molar-refractivity contribution >= 4 is 23.2 Å². The number of rotatable bonds is 5. The first kappa shape index (κ1) is 20.3. The fraction of sp³-hybridized carbons (Fsp3) is 0.700. The Morgan fingerprint density at radius 3 is 2.44 bits per heavy atom. The van der Waals surface area contributed by atoms with E-state index in [1.54, 1.807) is 11.3 Å². The van der Waals surface area contributed by atoms with E-state index >= 15 is 0 Å². The van der Waals surface area contributed by atoms with Gasteiger partial charge in [0, 0.05) is 43.1 Å². The summed E-state index contributed by atoms with van der Waals surface area (Å²) in [6, 6.07) is 4.30. The maximum Gasteiger partial charge on any atom is 0.309 e. The second-order valence-electron chi connectivity index (χ2n) is 7.87. The first-order valence-corrected chi connectivity index (χ1v) is 11.0. The SMILES string of the molecule is C[C@@H](NC(=O)C(=O)NC1CCCCC1)[C@@H](c1cccs1)N1CCN(C)CC1. The van der Waals surface area contributed by atoms with Gasteiger partial charge in [0.05, 0.1) is 6.04 Å². The monoisotopic (exact) mass is 392 g/mol. The summed E-state index contributed by atoms with van der Waals surface area (Å²) in [5, 5.41) is 7.95. The van der Waals surface area contributed by atoms with Crippen molar-refractivity contribution in [2.75, 3.05) is 33.2 Å². The molecule has 150 valence electrons. The molecule has 7 heteroatoms. The molecule has 2 N–H and O–H groups in total. The van der Waals surface area contributed by atoms with Crippen LogP contribution in [0.2, 0.25) is 0 Å². The predicted molar refractivity (Wildman–Crippen MR) is 109 cm³/mol. The Kier molecular flexibility index (Phi) is 7.26. The molecule has 2 heterocycles. The van der Waals surface area contributed by atoms with E-state index in [0.29, 0.717) is 0 Å². The quantitative estimate of drug-likeness (QED) is 0.752. The van der Waals surface area contributed by atoms with E-state index in [2.05, 4.69) is 38.9 Å². The molecule has 0 spiro atoms. The molecule has 1 aliphatic heterocycles. The predicted octanol–water partition coefficient (Wildman–Crippen LogP) is 1.99. The lowest BCUT2D eigenvalue weighted by molar-refractivity contribution is -0.140. The summed E-state index contributed by atoms with van der Waals surface area (Å²) in [6.07, 6.45) is 5.45. The van der Waals surface area contributed by atoms with Crippen LogP contribution in [0.4, 0.5) is 0 Å². The van der Waals surface area contributed by atoms with Gasteiger partial charge in [-0.2, -0.15) is 0 Å². The van der Waals surface area contributed by atoms with Crippen molar-refractivity contribution in [1.82, 2.24) is 20.4 Å². The molecule has 2 aliphatic rings. The van der Waals surface area contributed by atoms with Gasteiger partial charge in [-0.1, -0.05) is 25.3 Å². The van der Waals surface area contributed by atoms with E-state index in [9.17, 15) is 9.59 Å². The average Bonchev–Trinajstić information content (AvgIpc) is 3.18. The van der Waals surface area contributed by atoms with Gasteiger partial charge in [0.15, 0.2) is 0 Å². The third-order valence-electron chi connectivity index (χ3n) is 5.74. The zero-order chi connectivity index (χ0) is 19.2. The first-order chi connectivity index (χ1) is 13.0. The van der Waals surface area contributed by atoms with Crippen LogP contribution in [-0.2, 0) is 9.59 Å². The van der Waals surface area contributed by atoms with Crippen LogP contribution in [0.15, 0.2) is 17.5 Å². The molecule has 2 amide bonds.